The van der Waals surface area contributed by atoms with Gasteiger partial charge in [0.15, 0.2) is 9.84 Å². The van der Waals surface area contributed by atoms with Crippen molar-refractivity contribution < 1.29 is 23.1 Å². The molecule has 1 saturated heterocycles. The van der Waals surface area contributed by atoms with Gasteiger partial charge in [-0.05, 0) is 55.7 Å². The molecule has 1 fully saturated rings. The molecule has 4 rings (SSSR count). The summed E-state index contributed by atoms with van der Waals surface area (Å²) in [5, 5.41) is 14.7. The lowest BCUT2D eigenvalue weighted by molar-refractivity contribution is 0.0594. The van der Waals surface area contributed by atoms with Crippen LogP contribution in [-0.4, -0.2) is 74.0 Å². The van der Waals surface area contributed by atoms with E-state index < -0.39 is 27.4 Å². The first-order chi connectivity index (χ1) is 17.9. The first kappa shape index (κ1) is 28.4. The number of nitrogens with one attached hydrogen (secondary N) is 2. The van der Waals surface area contributed by atoms with E-state index in [9.17, 15) is 23.1 Å². The number of nitrogens with zero attached hydrogens (tertiary/aromatic N) is 1. The average molecular weight is 583 g/mol. The molecule has 1 amide bonds. The van der Waals surface area contributed by atoms with Crippen molar-refractivity contribution in [2.45, 2.75) is 36.9 Å². The Morgan fingerprint density at radius 2 is 1.92 bits per heavy atom. The van der Waals surface area contributed by atoms with Crippen LogP contribution in [-0.2, 0) is 9.84 Å². The third-order valence-corrected chi connectivity index (χ3v) is 8.62. The number of halogens is 2. The van der Waals surface area contributed by atoms with Crippen LogP contribution in [0.1, 0.15) is 28.8 Å². The Hall–Kier alpha value is -2.63. The van der Waals surface area contributed by atoms with Crippen LogP contribution in [0.15, 0.2) is 46.2 Å². The minimum Gasteiger partial charge on any atom is -0.489 e. The summed E-state index contributed by atoms with van der Waals surface area (Å²) in [6.07, 6.45) is 2.97. The molecular weight excluding hydrogens is 553 g/mol. The molecule has 12 heteroatoms. The summed E-state index contributed by atoms with van der Waals surface area (Å²) in [4.78, 5) is 29.6. The number of ether oxygens (including phenoxy) is 1. The fourth-order valence-electron chi connectivity index (χ4n) is 4.44. The van der Waals surface area contributed by atoms with Crippen molar-refractivity contribution in [2.75, 3.05) is 32.4 Å². The highest BCUT2D eigenvalue weighted by molar-refractivity contribution is 7.90. The lowest BCUT2D eigenvalue weighted by Crippen LogP contribution is -2.45. The number of pyridine rings is 1. The topological polar surface area (TPSA) is 129 Å². The highest BCUT2D eigenvalue weighted by Crippen LogP contribution is 2.34. The summed E-state index contributed by atoms with van der Waals surface area (Å²) >= 11 is 12.5. The number of hydrogen-bond donors (Lipinski definition) is 3. The van der Waals surface area contributed by atoms with Crippen molar-refractivity contribution in [3.05, 3.63) is 68.1 Å². The van der Waals surface area contributed by atoms with Crippen LogP contribution in [0.25, 0.3) is 10.8 Å². The Morgan fingerprint density at radius 3 is 2.61 bits per heavy atom. The number of sulfone groups is 1. The third kappa shape index (κ3) is 6.50. The summed E-state index contributed by atoms with van der Waals surface area (Å²) in [6, 6.07) is 7.56. The maximum Gasteiger partial charge on any atom is 0.255 e. The zero-order valence-corrected chi connectivity index (χ0v) is 23.3. The number of carbonyl (C=O) groups excluding carboxylic acids is 1. The zero-order chi connectivity index (χ0) is 27.6. The number of likely N-dealkylation sites (tertiary alicyclic amines) is 1. The summed E-state index contributed by atoms with van der Waals surface area (Å²) in [5.41, 5.74) is 0.461. The Morgan fingerprint density at radius 1 is 1.21 bits per heavy atom. The van der Waals surface area contributed by atoms with E-state index in [-0.39, 0.29) is 33.9 Å². The number of rotatable bonds is 8. The normalized spacial score (nSPS) is 15.9. The van der Waals surface area contributed by atoms with Gasteiger partial charge < -0.3 is 25.0 Å². The van der Waals surface area contributed by atoms with Crippen molar-refractivity contribution in [3.63, 3.8) is 0 Å². The van der Waals surface area contributed by atoms with Crippen molar-refractivity contribution >= 4 is 49.7 Å². The molecule has 0 radical (unpaired) electrons. The number of amides is 1. The number of aromatic nitrogens is 1. The molecule has 3 aromatic rings. The Bertz CT molecular complexity index is 1520. The van der Waals surface area contributed by atoms with E-state index in [0.29, 0.717) is 35.4 Å². The predicted octanol–water partition coefficient (Wildman–Crippen LogP) is 3.18. The third-order valence-electron chi connectivity index (χ3n) is 6.63. The molecule has 0 unspecified atom stereocenters. The summed E-state index contributed by atoms with van der Waals surface area (Å²) in [6.45, 7) is 3.60. The van der Waals surface area contributed by atoms with Gasteiger partial charge in [0.2, 0.25) is 0 Å². The monoisotopic (exact) mass is 581 g/mol. The number of benzene rings is 2. The molecule has 1 aromatic heterocycles. The molecule has 38 heavy (non-hydrogen) atoms. The Labute approximate surface area is 230 Å². The number of carbonyl (C=O) groups is 1. The van der Waals surface area contributed by atoms with Gasteiger partial charge in [-0.15, -0.1) is 0 Å². The van der Waals surface area contributed by atoms with Crippen molar-refractivity contribution in [2.24, 2.45) is 0 Å². The van der Waals surface area contributed by atoms with Gasteiger partial charge >= 0.3 is 0 Å². The van der Waals surface area contributed by atoms with Crippen molar-refractivity contribution in [1.82, 2.24) is 15.2 Å². The molecule has 3 N–H and O–H groups in total. The number of fused-ring (bicyclic) bond motifs is 1. The van der Waals surface area contributed by atoms with Crippen molar-refractivity contribution in [1.29, 1.82) is 0 Å². The van der Waals surface area contributed by atoms with Gasteiger partial charge in [0, 0.05) is 54.4 Å². The van der Waals surface area contributed by atoms with Crippen LogP contribution in [0.4, 0.5) is 0 Å². The molecule has 0 spiro atoms. The molecule has 0 aliphatic carbocycles. The Kier molecular flexibility index (Phi) is 8.68. The van der Waals surface area contributed by atoms with Crippen LogP contribution in [0.3, 0.4) is 0 Å². The minimum absolute atomic E-state index is 0.00513. The second-order valence-electron chi connectivity index (χ2n) is 9.48. The van der Waals surface area contributed by atoms with Crippen LogP contribution in [0.2, 0.25) is 10.0 Å². The maximum atomic E-state index is 12.9. The molecule has 204 valence electrons. The second kappa shape index (κ2) is 11.6. The Balaban J connectivity index is 1.32. The van der Waals surface area contributed by atoms with E-state index in [1.807, 2.05) is 6.92 Å². The molecule has 1 aliphatic heterocycles. The van der Waals surface area contributed by atoms with Gasteiger partial charge in [-0.2, -0.15) is 0 Å². The van der Waals surface area contributed by atoms with E-state index in [1.54, 1.807) is 12.1 Å². The highest BCUT2D eigenvalue weighted by Gasteiger charge is 2.24. The lowest BCUT2D eigenvalue weighted by atomic mass is 10.1. The maximum absolute atomic E-state index is 12.9. The molecule has 1 atom stereocenters. The van der Waals surface area contributed by atoms with E-state index >= 15 is 0 Å². The fourth-order valence-corrected chi connectivity index (χ4v) is 5.50. The number of hydrogen-bond acceptors (Lipinski definition) is 7. The van der Waals surface area contributed by atoms with Gasteiger partial charge in [-0.1, -0.05) is 23.2 Å². The standard InChI is InChI=1S/C26H29Cl2N3O6S/c1-15-22(27)5-6-23(24(15)28)37-17-7-9-31(10-8-17)14-16(32)12-29-26(34)21-13-30-25(33)19-4-3-18(11-20(19)21)38(2,35)36/h3-6,11,13,16-17,32H,7-10,12,14H2,1-2H3,(H,29,34)(H,30,33)/t16-/m1/s1. The van der Waals surface area contributed by atoms with Crippen LogP contribution >= 0.6 is 23.2 Å². The molecule has 2 aromatic carbocycles. The number of aliphatic hydroxyl groups excluding tert-OH is 1. The van der Waals surface area contributed by atoms with Gasteiger partial charge in [0.1, 0.15) is 11.9 Å². The van der Waals surface area contributed by atoms with Gasteiger partial charge in [-0.25, -0.2) is 8.42 Å². The number of piperidine rings is 1. The second-order valence-corrected chi connectivity index (χ2v) is 12.3. The van der Waals surface area contributed by atoms with Gasteiger partial charge in [0.25, 0.3) is 11.5 Å². The van der Waals surface area contributed by atoms with E-state index in [0.717, 1.165) is 24.7 Å². The molecule has 2 heterocycles. The number of aromatic amines is 1. The molecule has 0 bridgehead atoms. The fraction of sp³-hybridized carbons (Fsp3) is 0.385. The average Bonchev–Trinajstić information content (AvgIpc) is 2.88. The SMILES string of the molecule is Cc1c(Cl)ccc(OC2CCN(C[C@H](O)CNC(=O)c3c[nH]c(=O)c4ccc(S(C)(=O)=O)cc34)CC2)c1Cl. The quantitative estimate of drug-likeness (QED) is 0.372. The first-order valence-corrected chi connectivity index (χ1v) is 14.7. The first-order valence-electron chi connectivity index (χ1n) is 12.1. The van der Waals surface area contributed by atoms with E-state index in [1.165, 1.54) is 24.4 Å². The smallest absolute Gasteiger partial charge is 0.255 e. The number of H-pyrrole nitrogens is 1. The van der Waals surface area contributed by atoms with Crippen molar-refractivity contribution in [3.8, 4) is 5.75 Å². The largest absolute Gasteiger partial charge is 0.489 e. The highest BCUT2D eigenvalue weighted by atomic mass is 35.5. The lowest BCUT2D eigenvalue weighted by Gasteiger charge is -2.33. The van der Waals surface area contributed by atoms with E-state index in [2.05, 4.69) is 15.2 Å². The molecule has 1 aliphatic rings. The molecular formula is C26H29Cl2N3O6S. The van der Waals surface area contributed by atoms with E-state index in [4.69, 9.17) is 27.9 Å². The number of aliphatic hydroxyl groups is 1. The summed E-state index contributed by atoms with van der Waals surface area (Å²) < 4.78 is 30.0. The molecule has 0 saturated carbocycles. The summed E-state index contributed by atoms with van der Waals surface area (Å²) in [7, 11) is -3.53. The van der Waals surface area contributed by atoms with Crippen LogP contribution < -0.4 is 15.6 Å². The summed E-state index contributed by atoms with van der Waals surface area (Å²) in [5.74, 6) is 0.0754. The van der Waals surface area contributed by atoms with Crippen LogP contribution in [0.5, 0.6) is 5.75 Å². The zero-order valence-electron chi connectivity index (χ0n) is 21.0. The number of β-amino-alcohol motifs (C(OH)–C–C–N with tert-alkyl or cyclic N) is 1. The minimum atomic E-state index is -3.53. The van der Waals surface area contributed by atoms with Crippen LogP contribution in [0, 0.1) is 6.92 Å². The van der Waals surface area contributed by atoms with Gasteiger partial charge in [-0.3, -0.25) is 9.59 Å². The predicted molar refractivity (Wildman–Crippen MR) is 147 cm³/mol. The van der Waals surface area contributed by atoms with Gasteiger partial charge in [0.05, 0.1) is 21.6 Å². The molecule has 9 nitrogen and oxygen atoms in total.